The van der Waals surface area contributed by atoms with Crippen LogP contribution in [0.4, 0.5) is 0 Å². The average Bonchev–Trinajstić information content (AvgIpc) is 2.44. The zero-order chi connectivity index (χ0) is 13.5. The normalized spacial score (nSPS) is 9.53. The van der Waals surface area contributed by atoms with E-state index in [1.807, 2.05) is 30.4 Å². The van der Waals surface area contributed by atoms with Crippen LogP contribution in [0.1, 0.15) is 23.1 Å². The first kappa shape index (κ1) is 13.1. The van der Waals surface area contributed by atoms with Crippen molar-refractivity contribution in [3.63, 3.8) is 0 Å². The van der Waals surface area contributed by atoms with Gasteiger partial charge in [-0.3, -0.25) is 0 Å². The van der Waals surface area contributed by atoms with Crippen LogP contribution in [0.2, 0.25) is 0 Å². The molecule has 0 amide bonds. The van der Waals surface area contributed by atoms with Gasteiger partial charge in [0.15, 0.2) is 0 Å². The van der Waals surface area contributed by atoms with Crippen LogP contribution >= 0.6 is 0 Å². The molecule has 0 spiro atoms. The van der Waals surface area contributed by atoms with E-state index in [2.05, 4.69) is 55.6 Å². The highest BCUT2D eigenvalue weighted by atomic mass is 14.0. The highest BCUT2D eigenvalue weighted by Gasteiger charge is 1.98. The van der Waals surface area contributed by atoms with Gasteiger partial charge in [0.1, 0.15) is 0 Å². The van der Waals surface area contributed by atoms with Crippen molar-refractivity contribution in [2.75, 3.05) is 0 Å². The topological polar surface area (TPSA) is 0 Å². The molecule has 0 saturated heterocycles. The van der Waals surface area contributed by atoms with Crippen LogP contribution in [0.3, 0.4) is 0 Å². The summed E-state index contributed by atoms with van der Waals surface area (Å²) in [4.78, 5) is 0. The molecule has 0 aromatic heterocycles. The molecule has 0 heteroatoms. The molecule has 2 rings (SSSR count). The molecule has 0 bridgehead atoms. The van der Waals surface area contributed by atoms with E-state index < -0.39 is 0 Å². The van der Waals surface area contributed by atoms with Crippen LogP contribution in [-0.2, 0) is 0 Å². The van der Waals surface area contributed by atoms with Gasteiger partial charge in [-0.25, -0.2) is 0 Å². The lowest BCUT2D eigenvalue weighted by atomic mass is 10.0. The second-order valence-corrected chi connectivity index (χ2v) is 4.54. The van der Waals surface area contributed by atoms with Crippen molar-refractivity contribution < 1.29 is 0 Å². The molecule has 0 radical (unpaired) electrons. The average molecular weight is 246 g/mol. The standard InChI is InChI=1S/C19H18/c1-3-8-18(19-12-7-9-16(2)15-19)14-13-17-10-5-4-6-11-17/h3-7,9-13,15H,1,8H2,2H3. The summed E-state index contributed by atoms with van der Waals surface area (Å²) in [5.74, 6) is 0. The van der Waals surface area contributed by atoms with E-state index in [0.29, 0.717) is 0 Å². The Labute approximate surface area is 115 Å². The van der Waals surface area contributed by atoms with Crippen LogP contribution in [0.5, 0.6) is 0 Å². The Morgan fingerprint density at radius 3 is 2.58 bits per heavy atom. The molecule has 0 aliphatic heterocycles. The maximum atomic E-state index is 3.83. The van der Waals surface area contributed by atoms with Crippen LogP contribution in [0.25, 0.3) is 11.6 Å². The molecule has 2 aromatic carbocycles. The second kappa shape index (κ2) is 6.58. The minimum absolute atomic E-state index is 0.826. The van der Waals surface area contributed by atoms with Crippen molar-refractivity contribution in [1.29, 1.82) is 0 Å². The number of hydrogen-bond acceptors (Lipinski definition) is 0. The van der Waals surface area contributed by atoms with Crippen molar-refractivity contribution in [2.45, 2.75) is 13.3 Å². The maximum Gasteiger partial charge on any atom is 0.00499 e. The van der Waals surface area contributed by atoms with Crippen molar-refractivity contribution >= 4 is 11.6 Å². The number of aryl methyl sites for hydroxylation is 1. The number of allylic oxidation sites excluding steroid dienone is 2. The fraction of sp³-hybridized carbons (Fsp3) is 0.105. The SMILES string of the molecule is C=CCC(=C=Cc1ccccc1)c1cccc(C)c1. The molecule has 0 aliphatic carbocycles. The highest BCUT2D eigenvalue weighted by molar-refractivity contribution is 5.70. The molecule has 0 heterocycles. The minimum atomic E-state index is 0.826. The first-order chi connectivity index (χ1) is 9.29. The number of benzene rings is 2. The summed E-state index contributed by atoms with van der Waals surface area (Å²) >= 11 is 0. The Kier molecular flexibility index (Phi) is 4.55. The van der Waals surface area contributed by atoms with E-state index in [-0.39, 0.29) is 0 Å². The molecule has 0 N–H and O–H groups in total. The Bertz CT molecular complexity index is 611. The molecule has 0 saturated carbocycles. The quantitative estimate of drug-likeness (QED) is 0.509. The lowest BCUT2D eigenvalue weighted by Crippen LogP contribution is -1.83. The van der Waals surface area contributed by atoms with E-state index in [1.54, 1.807) is 0 Å². The second-order valence-electron chi connectivity index (χ2n) is 4.54. The zero-order valence-corrected chi connectivity index (χ0v) is 11.3. The summed E-state index contributed by atoms with van der Waals surface area (Å²) in [5.41, 5.74) is 8.21. The molecule has 94 valence electrons. The van der Waals surface area contributed by atoms with Gasteiger partial charge in [-0.2, -0.15) is 0 Å². The lowest BCUT2D eigenvalue weighted by molar-refractivity contribution is 1.37. The van der Waals surface area contributed by atoms with Gasteiger partial charge in [0.25, 0.3) is 0 Å². The molecular formula is C19H18. The number of hydrogen-bond donors (Lipinski definition) is 0. The van der Waals surface area contributed by atoms with E-state index >= 15 is 0 Å². The van der Waals surface area contributed by atoms with Crippen molar-refractivity contribution in [3.05, 3.63) is 89.7 Å². The Balaban J connectivity index is 2.40. The van der Waals surface area contributed by atoms with Crippen molar-refractivity contribution in [3.8, 4) is 0 Å². The summed E-state index contributed by atoms with van der Waals surface area (Å²) in [5, 5.41) is 0. The van der Waals surface area contributed by atoms with E-state index in [0.717, 1.165) is 12.0 Å². The first-order valence-electron chi connectivity index (χ1n) is 6.48. The van der Waals surface area contributed by atoms with Gasteiger partial charge in [0.05, 0.1) is 0 Å². The fourth-order valence-electron chi connectivity index (χ4n) is 1.96. The monoisotopic (exact) mass is 246 g/mol. The Morgan fingerprint density at radius 1 is 1.11 bits per heavy atom. The van der Waals surface area contributed by atoms with Crippen molar-refractivity contribution in [1.82, 2.24) is 0 Å². The van der Waals surface area contributed by atoms with Crippen LogP contribution in [-0.4, -0.2) is 0 Å². The fourth-order valence-corrected chi connectivity index (χ4v) is 1.96. The van der Waals surface area contributed by atoms with Gasteiger partial charge in [-0.1, -0.05) is 66.2 Å². The first-order valence-corrected chi connectivity index (χ1v) is 6.48. The predicted molar refractivity (Wildman–Crippen MR) is 83.8 cm³/mol. The predicted octanol–water partition coefficient (Wildman–Crippen LogP) is 5.27. The lowest BCUT2D eigenvalue weighted by Gasteiger charge is -2.03. The third kappa shape index (κ3) is 3.84. The van der Waals surface area contributed by atoms with Gasteiger partial charge in [-0.05, 0) is 30.5 Å². The summed E-state index contributed by atoms with van der Waals surface area (Å²) in [6.45, 7) is 5.94. The van der Waals surface area contributed by atoms with Crippen LogP contribution < -0.4 is 0 Å². The molecule has 0 nitrogen and oxygen atoms in total. The van der Waals surface area contributed by atoms with Crippen LogP contribution in [0, 0.1) is 6.92 Å². The Hall–Kier alpha value is -2.30. The van der Waals surface area contributed by atoms with E-state index in [9.17, 15) is 0 Å². The molecule has 0 unspecified atom stereocenters. The van der Waals surface area contributed by atoms with Gasteiger partial charge in [-0.15, -0.1) is 12.3 Å². The molecule has 2 aromatic rings. The summed E-state index contributed by atoms with van der Waals surface area (Å²) < 4.78 is 0. The smallest absolute Gasteiger partial charge is 0.00499 e. The van der Waals surface area contributed by atoms with Crippen LogP contribution in [0.15, 0.2) is 73.0 Å². The molecule has 0 fully saturated rings. The Morgan fingerprint density at radius 2 is 1.89 bits per heavy atom. The number of rotatable bonds is 4. The minimum Gasteiger partial charge on any atom is -0.116 e. The summed E-state index contributed by atoms with van der Waals surface area (Å²) in [7, 11) is 0. The summed E-state index contributed by atoms with van der Waals surface area (Å²) in [6, 6.07) is 18.7. The van der Waals surface area contributed by atoms with Gasteiger partial charge in [0, 0.05) is 5.57 Å². The molecule has 19 heavy (non-hydrogen) atoms. The third-order valence-corrected chi connectivity index (χ3v) is 2.93. The van der Waals surface area contributed by atoms with Gasteiger partial charge in [0.2, 0.25) is 0 Å². The molecule has 0 aliphatic rings. The van der Waals surface area contributed by atoms with Crippen molar-refractivity contribution in [2.24, 2.45) is 0 Å². The van der Waals surface area contributed by atoms with Gasteiger partial charge >= 0.3 is 0 Å². The van der Waals surface area contributed by atoms with E-state index in [1.165, 1.54) is 16.7 Å². The largest absolute Gasteiger partial charge is 0.116 e. The van der Waals surface area contributed by atoms with Gasteiger partial charge < -0.3 is 0 Å². The zero-order valence-electron chi connectivity index (χ0n) is 11.3. The third-order valence-electron chi connectivity index (χ3n) is 2.93. The maximum absolute atomic E-state index is 3.83. The molecule has 0 atom stereocenters. The molecular weight excluding hydrogens is 228 g/mol. The summed E-state index contributed by atoms with van der Waals surface area (Å²) in [6.07, 6.45) is 4.78. The van der Waals surface area contributed by atoms with E-state index in [4.69, 9.17) is 0 Å². The highest BCUT2D eigenvalue weighted by Crippen LogP contribution is 2.19.